The second kappa shape index (κ2) is 8.31. The summed E-state index contributed by atoms with van der Waals surface area (Å²) in [4.78, 5) is 20.8. The van der Waals surface area contributed by atoms with Crippen molar-refractivity contribution in [2.75, 3.05) is 17.7 Å². The lowest BCUT2D eigenvalue weighted by atomic mass is 10.2. The highest BCUT2D eigenvalue weighted by molar-refractivity contribution is 6.33. The first-order valence-corrected chi connectivity index (χ1v) is 8.30. The largest absolute Gasteiger partial charge is 0.496 e. The smallest absolute Gasteiger partial charge is 0.274 e. The maximum absolute atomic E-state index is 12.4. The zero-order chi connectivity index (χ0) is 18.4. The molecule has 6 nitrogen and oxygen atoms in total. The van der Waals surface area contributed by atoms with Crippen LogP contribution in [0.15, 0.2) is 60.8 Å². The van der Waals surface area contributed by atoms with Gasteiger partial charge in [-0.3, -0.25) is 4.79 Å². The van der Waals surface area contributed by atoms with Gasteiger partial charge in [0.05, 0.1) is 17.8 Å². The van der Waals surface area contributed by atoms with Crippen LogP contribution in [0.5, 0.6) is 5.75 Å². The van der Waals surface area contributed by atoms with Crippen molar-refractivity contribution in [2.45, 2.75) is 6.54 Å². The van der Waals surface area contributed by atoms with Gasteiger partial charge in [0.1, 0.15) is 11.4 Å². The number of nitrogens with one attached hydrogen (secondary N) is 2. The number of rotatable bonds is 6. The van der Waals surface area contributed by atoms with Crippen molar-refractivity contribution < 1.29 is 9.53 Å². The maximum atomic E-state index is 12.4. The second-order valence-corrected chi connectivity index (χ2v) is 5.77. The summed E-state index contributed by atoms with van der Waals surface area (Å²) in [5.41, 5.74) is 1.73. The Morgan fingerprint density at radius 3 is 2.69 bits per heavy atom. The highest BCUT2D eigenvalue weighted by Gasteiger charge is 2.11. The summed E-state index contributed by atoms with van der Waals surface area (Å²) >= 11 is 6.06. The van der Waals surface area contributed by atoms with Gasteiger partial charge >= 0.3 is 0 Å². The van der Waals surface area contributed by atoms with E-state index in [9.17, 15) is 4.79 Å². The van der Waals surface area contributed by atoms with Crippen LogP contribution in [0.1, 0.15) is 16.1 Å². The van der Waals surface area contributed by atoms with Gasteiger partial charge in [0.2, 0.25) is 5.95 Å². The molecular formula is C19H17ClN4O2. The van der Waals surface area contributed by atoms with Crippen LogP contribution in [-0.4, -0.2) is 23.0 Å². The van der Waals surface area contributed by atoms with Gasteiger partial charge in [0.15, 0.2) is 0 Å². The van der Waals surface area contributed by atoms with E-state index in [2.05, 4.69) is 20.6 Å². The van der Waals surface area contributed by atoms with Gasteiger partial charge < -0.3 is 15.4 Å². The molecule has 3 aromatic rings. The molecule has 2 N–H and O–H groups in total. The molecule has 0 aliphatic heterocycles. The van der Waals surface area contributed by atoms with Gasteiger partial charge in [-0.25, -0.2) is 9.97 Å². The zero-order valence-corrected chi connectivity index (χ0v) is 14.8. The average Bonchev–Trinajstić information content (AvgIpc) is 2.68. The van der Waals surface area contributed by atoms with E-state index in [1.807, 2.05) is 24.3 Å². The summed E-state index contributed by atoms with van der Waals surface area (Å²) in [5.74, 6) is 0.760. The fourth-order valence-electron chi connectivity index (χ4n) is 2.34. The summed E-state index contributed by atoms with van der Waals surface area (Å²) in [6.45, 7) is 0.472. The van der Waals surface area contributed by atoms with Crippen molar-refractivity contribution in [3.05, 3.63) is 77.1 Å². The number of hydrogen-bond acceptors (Lipinski definition) is 5. The van der Waals surface area contributed by atoms with Gasteiger partial charge in [-0.15, -0.1) is 0 Å². The molecular weight excluding hydrogens is 352 g/mol. The quantitative estimate of drug-likeness (QED) is 0.687. The Labute approximate surface area is 156 Å². The Morgan fingerprint density at radius 1 is 1.12 bits per heavy atom. The fourth-order valence-corrected chi connectivity index (χ4v) is 2.53. The van der Waals surface area contributed by atoms with Crippen LogP contribution in [0.4, 0.5) is 11.6 Å². The predicted molar refractivity (Wildman–Crippen MR) is 102 cm³/mol. The lowest BCUT2D eigenvalue weighted by Crippen LogP contribution is -2.15. The van der Waals surface area contributed by atoms with Crippen LogP contribution in [-0.2, 0) is 6.54 Å². The summed E-state index contributed by atoms with van der Waals surface area (Å²) in [6.07, 6.45) is 1.53. The van der Waals surface area contributed by atoms with Crippen LogP contribution in [0.3, 0.4) is 0 Å². The Morgan fingerprint density at radius 2 is 1.88 bits per heavy atom. The monoisotopic (exact) mass is 368 g/mol. The Balaban J connectivity index is 1.70. The van der Waals surface area contributed by atoms with Gasteiger partial charge in [-0.05, 0) is 24.3 Å². The molecule has 1 amide bonds. The zero-order valence-electron chi connectivity index (χ0n) is 14.1. The Kier molecular flexibility index (Phi) is 5.66. The van der Waals surface area contributed by atoms with Crippen molar-refractivity contribution in [1.29, 1.82) is 0 Å². The van der Waals surface area contributed by atoms with Crippen molar-refractivity contribution in [2.24, 2.45) is 0 Å². The fraction of sp³-hybridized carbons (Fsp3) is 0.105. The predicted octanol–water partition coefficient (Wildman–Crippen LogP) is 4.00. The highest BCUT2D eigenvalue weighted by Crippen LogP contribution is 2.21. The van der Waals surface area contributed by atoms with E-state index < -0.39 is 0 Å². The first kappa shape index (κ1) is 17.7. The third-order valence-corrected chi connectivity index (χ3v) is 3.97. The molecule has 0 aliphatic rings. The van der Waals surface area contributed by atoms with Crippen molar-refractivity contribution in [3.63, 3.8) is 0 Å². The average molecular weight is 369 g/mol. The Bertz CT molecular complexity index is 917. The topological polar surface area (TPSA) is 76.1 Å². The van der Waals surface area contributed by atoms with Gasteiger partial charge in [0, 0.05) is 18.3 Å². The summed E-state index contributed by atoms with van der Waals surface area (Å²) in [6, 6.07) is 16.2. The summed E-state index contributed by atoms with van der Waals surface area (Å²) in [7, 11) is 1.62. The van der Waals surface area contributed by atoms with Crippen LogP contribution in [0, 0.1) is 0 Å². The molecule has 1 heterocycles. The normalized spacial score (nSPS) is 10.2. The molecule has 0 saturated heterocycles. The molecule has 132 valence electrons. The molecule has 0 unspecified atom stereocenters. The number of halogens is 1. The van der Waals surface area contributed by atoms with Gasteiger partial charge in [-0.1, -0.05) is 41.9 Å². The molecule has 26 heavy (non-hydrogen) atoms. The number of aromatic nitrogens is 2. The van der Waals surface area contributed by atoms with Gasteiger partial charge in [0.25, 0.3) is 5.91 Å². The van der Waals surface area contributed by atoms with Crippen LogP contribution >= 0.6 is 11.6 Å². The number of nitrogens with zero attached hydrogens (tertiary/aromatic N) is 2. The number of carbonyl (C=O) groups is 1. The number of hydrogen-bond donors (Lipinski definition) is 2. The van der Waals surface area contributed by atoms with Crippen LogP contribution < -0.4 is 15.4 Å². The third kappa shape index (κ3) is 4.29. The van der Waals surface area contributed by atoms with Crippen LogP contribution in [0.25, 0.3) is 0 Å². The number of para-hydroxylation sites is 2. The lowest BCUT2D eigenvalue weighted by Gasteiger charge is -2.10. The lowest BCUT2D eigenvalue weighted by molar-refractivity contribution is 0.102. The van der Waals surface area contributed by atoms with E-state index in [1.165, 1.54) is 6.20 Å². The number of ether oxygens (including phenoxy) is 1. The molecule has 0 saturated carbocycles. The molecule has 0 bridgehead atoms. The Hall–Kier alpha value is -3.12. The molecule has 0 fully saturated rings. The van der Waals surface area contributed by atoms with E-state index in [-0.39, 0.29) is 11.6 Å². The number of benzene rings is 2. The summed E-state index contributed by atoms with van der Waals surface area (Å²) in [5, 5.41) is 6.30. The van der Waals surface area contributed by atoms with Crippen molar-refractivity contribution >= 4 is 29.1 Å². The van der Waals surface area contributed by atoms with E-state index in [4.69, 9.17) is 16.3 Å². The number of carbonyl (C=O) groups excluding carboxylic acids is 1. The number of methoxy groups -OCH3 is 1. The van der Waals surface area contributed by atoms with E-state index >= 15 is 0 Å². The van der Waals surface area contributed by atoms with E-state index in [0.29, 0.717) is 23.2 Å². The van der Waals surface area contributed by atoms with E-state index in [0.717, 1.165) is 11.3 Å². The molecule has 1 aromatic heterocycles. The van der Waals surface area contributed by atoms with Gasteiger partial charge in [-0.2, -0.15) is 0 Å². The minimum atomic E-state index is -0.360. The highest BCUT2D eigenvalue weighted by atomic mass is 35.5. The molecule has 3 rings (SSSR count). The number of amides is 1. The minimum absolute atomic E-state index is 0.238. The molecule has 0 atom stereocenters. The molecule has 7 heteroatoms. The first-order valence-electron chi connectivity index (χ1n) is 7.92. The SMILES string of the molecule is COc1ccccc1CNc1nccc(C(=O)Nc2ccccc2Cl)n1. The molecule has 0 aliphatic carbocycles. The first-order chi connectivity index (χ1) is 12.7. The standard InChI is InChI=1S/C19H17ClN4O2/c1-26-17-9-5-2-6-13(17)12-22-19-21-11-10-16(24-19)18(25)23-15-8-4-3-7-14(15)20/h2-11H,12H2,1H3,(H,23,25)(H,21,22,24). The molecule has 0 spiro atoms. The van der Waals surface area contributed by atoms with Crippen molar-refractivity contribution in [1.82, 2.24) is 9.97 Å². The molecule has 0 radical (unpaired) electrons. The molecule has 2 aromatic carbocycles. The van der Waals surface area contributed by atoms with Crippen molar-refractivity contribution in [3.8, 4) is 5.75 Å². The van der Waals surface area contributed by atoms with E-state index in [1.54, 1.807) is 37.4 Å². The summed E-state index contributed by atoms with van der Waals surface area (Å²) < 4.78 is 5.32. The minimum Gasteiger partial charge on any atom is -0.496 e. The number of anilines is 2. The third-order valence-electron chi connectivity index (χ3n) is 3.64. The maximum Gasteiger partial charge on any atom is 0.274 e. The van der Waals surface area contributed by atoms with Crippen LogP contribution in [0.2, 0.25) is 5.02 Å². The second-order valence-electron chi connectivity index (χ2n) is 5.36.